The fourth-order valence-corrected chi connectivity index (χ4v) is 11.6. The van der Waals surface area contributed by atoms with E-state index < -0.39 is 0 Å². The predicted molar refractivity (Wildman–Crippen MR) is 309 cm³/mol. The Hall–Kier alpha value is -10.1. The van der Waals surface area contributed by atoms with Crippen molar-refractivity contribution in [2.24, 2.45) is 15.0 Å². The second-order valence-corrected chi connectivity index (χ2v) is 19.3. The van der Waals surface area contributed by atoms with Crippen LogP contribution in [0.5, 0.6) is 0 Å². The van der Waals surface area contributed by atoms with Gasteiger partial charge in [-0.3, -0.25) is 4.99 Å². The van der Waals surface area contributed by atoms with Crippen molar-refractivity contribution >= 4 is 95.6 Å². The van der Waals surface area contributed by atoms with Crippen molar-refractivity contribution in [1.82, 2.24) is 13.7 Å². The molecule has 9 heteroatoms. The van der Waals surface area contributed by atoms with E-state index >= 15 is 0 Å². The lowest BCUT2D eigenvalue weighted by Crippen LogP contribution is -2.06. The number of rotatable bonds is 9. The Morgan fingerprint density at radius 1 is 0.453 bits per heavy atom. The fourth-order valence-electron chi connectivity index (χ4n) is 10.7. The SMILES string of the molecule is C=NC(=NC(=NCc1ccccc1)c1ccccc1)c1ccc(-n2c3ccccc3c3c4c(c5ccccc5n4-c4ccc(Sc5ccc(C#N)cc5C#N)cc4)c4c(c5ccccc5n4-c4ccccc4)c32)cc1. The van der Waals surface area contributed by atoms with Crippen molar-refractivity contribution in [3.8, 4) is 29.2 Å². The van der Waals surface area contributed by atoms with Crippen molar-refractivity contribution < 1.29 is 0 Å². The fraction of sp³-hybridized carbons (Fsp3) is 0.0152. The Bertz CT molecular complexity index is 4530. The molecule has 0 bridgehead atoms. The minimum absolute atomic E-state index is 0.463. The molecule has 0 atom stereocenters. The molecule has 0 fully saturated rings. The molecule has 3 aromatic heterocycles. The number of hydrogen-bond acceptors (Lipinski definition) is 4. The summed E-state index contributed by atoms with van der Waals surface area (Å²) in [5.41, 5.74) is 13.4. The van der Waals surface area contributed by atoms with Gasteiger partial charge in [-0.15, -0.1) is 0 Å². The van der Waals surface area contributed by atoms with Crippen LogP contribution in [0.25, 0.3) is 82.5 Å². The average Bonchev–Trinajstić information content (AvgIpc) is 4.33. The van der Waals surface area contributed by atoms with E-state index in [2.05, 4.69) is 201 Å². The smallest absolute Gasteiger partial charge is 0.161 e. The molecule has 0 aliphatic heterocycles. The third-order valence-corrected chi connectivity index (χ3v) is 15.0. The van der Waals surface area contributed by atoms with Crippen molar-refractivity contribution in [2.75, 3.05) is 0 Å². The van der Waals surface area contributed by atoms with Gasteiger partial charge >= 0.3 is 0 Å². The zero-order valence-electron chi connectivity index (χ0n) is 40.3. The maximum Gasteiger partial charge on any atom is 0.161 e. The van der Waals surface area contributed by atoms with Gasteiger partial charge < -0.3 is 13.7 Å². The quantitative estimate of drug-likeness (QED) is 0.106. The molecule has 0 amide bonds. The van der Waals surface area contributed by atoms with Crippen LogP contribution >= 0.6 is 11.8 Å². The molecule has 0 aliphatic carbocycles. The van der Waals surface area contributed by atoms with E-state index in [0.717, 1.165) is 109 Å². The van der Waals surface area contributed by atoms with Crippen LogP contribution in [-0.4, -0.2) is 32.1 Å². The van der Waals surface area contributed by atoms with E-state index in [1.54, 1.807) is 12.1 Å². The van der Waals surface area contributed by atoms with Gasteiger partial charge in [0.25, 0.3) is 0 Å². The molecule has 352 valence electrons. The highest BCUT2D eigenvalue weighted by Gasteiger charge is 2.29. The highest BCUT2D eigenvalue weighted by Crippen LogP contribution is 2.50. The zero-order valence-corrected chi connectivity index (χ0v) is 41.2. The van der Waals surface area contributed by atoms with Crippen molar-refractivity contribution in [2.45, 2.75) is 16.3 Å². The first kappa shape index (κ1) is 44.8. The van der Waals surface area contributed by atoms with Crippen LogP contribution in [-0.2, 0) is 6.54 Å². The Balaban J connectivity index is 1.07. The number of fused-ring (bicyclic) bond motifs is 12. The topological polar surface area (TPSA) is 99.4 Å². The van der Waals surface area contributed by atoms with Crippen LogP contribution in [0.15, 0.2) is 255 Å². The lowest BCUT2D eigenvalue weighted by molar-refractivity contribution is 1.06. The second kappa shape index (κ2) is 18.8. The Morgan fingerprint density at radius 3 is 1.41 bits per heavy atom. The third kappa shape index (κ3) is 7.66. The van der Waals surface area contributed by atoms with E-state index in [1.165, 1.54) is 11.8 Å². The maximum atomic E-state index is 10.00. The summed E-state index contributed by atoms with van der Waals surface area (Å²) in [6.45, 7) is 4.47. The van der Waals surface area contributed by atoms with Crippen molar-refractivity contribution in [3.05, 3.63) is 258 Å². The Morgan fingerprint density at radius 2 is 0.907 bits per heavy atom. The number of aliphatic imine (C=N–C) groups is 3. The van der Waals surface area contributed by atoms with Gasteiger partial charge in [0.2, 0.25) is 0 Å². The van der Waals surface area contributed by atoms with Crippen LogP contribution in [0.3, 0.4) is 0 Å². The first-order valence-electron chi connectivity index (χ1n) is 24.6. The summed E-state index contributed by atoms with van der Waals surface area (Å²) in [6, 6.07) is 83.9. The molecule has 75 heavy (non-hydrogen) atoms. The summed E-state index contributed by atoms with van der Waals surface area (Å²) < 4.78 is 7.30. The highest BCUT2D eigenvalue weighted by atomic mass is 32.2. The number of amidine groups is 2. The molecule has 0 N–H and O–H groups in total. The maximum absolute atomic E-state index is 10.00. The summed E-state index contributed by atoms with van der Waals surface area (Å²) in [5, 5.41) is 26.4. The van der Waals surface area contributed by atoms with Gasteiger partial charge in [-0.2, -0.15) is 10.5 Å². The number of benzene rings is 10. The molecule has 10 aromatic carbocycles. The minimum atomic E-state index is 0.463. The average molecular weight is 979 g/mol. The molecule has 0 unspecified atom stereocenters. The predicted octanol–water partition coefficient (Wildman–Crippen LogP) is 16.0. The largest absolute Gasteiger partial charge is 0.308 e. The van der Waals surface area contributed by atoms with E-state index in [4.69, 9.17) is 9.98 Å². The third-order valence-electron chi connectivity index (χ3n) is 13.9. The second-order valence-electron chi connectivity index (χ2n) is 18.2. The molecule has 13 aromatic rings. The van der Waals surface area contributed by atoms with Gasteiger partial charge in [0.15, 0.2) is 11.7 Å². The van der Waals surface area contributed by atoms with E-state index in [-0.39, 0.29) is 0 Å². The highest BCUT2D eigenvalue weighted by molar-refractivity contribution is 7.99. The van der Waals surface area contributed by atoms with Gasteiger partial charge in [-0.25, -0.2) is 9.98 Å². The molecule has 0 radical (unpaired) electrons. The van der Waals surface area contributed by atoms with Gasteiger partial charge in [0, 0.05) is 70.3 Å². The monoisotopic (exact) mass is 978 g/mol. The molecule has 0 saturated heterocycles. The first-order chi connectivity index (χ1) is 37.1. The van der Waals surface area contributed by atoms with E-state index in [9.17, 15) is 10.5 Å². The molecule has 0 spiro atoms. The molecule has 8 nitrogen and oxygen atoms in total. The summed E-state index contributed by atoms with van der Waals surface area (Å²) in [5.74, 6) is 1.06. The first-order valence-corrected chi connectivity index (χ1v) is 25.4. The minimum Gasteiger partial charge on any atom is -0.308 e. The van der Waals surface area contributed by atoms with Crippen molar-refractivity contribution in [3.63, 3.8) is 0 Å². The van der Waals surface area contributed by atoms with Crippen LogP contribution in [0, 0.1) is 22.7 Å². The molecular weight excluding hydrogens is 937 g/mol. The summed E-state index contributed by atoms with van der Waals surface area (Å²) in [7, 11) is 0. The zero-order chi connectivity index (χ0) is 50.4. The number of hydrogen-bond donors (Lipinski definition) is 0. The van der Waals surface area contributed by atoms with Gasteiger partial charge in [0.05, 0.1) is 56.8 Å². The van der Waals surface area contributed by atoms with Crippen LogP contribution in [0.1, 0.15) is 27.8 Å². The molecule has 0 aliphatic rings. The van der Waals surface area contributed by atoms with Gasteiger partial charge in [0.1, 0.15) is 6.07 Å². The molecular formula is C66H42N8S. The Kier molecular flexibility index (Phi) is 11.3. The van der Waals surface area contributed by atoms with Gasteiger partial charge in [-0.1, -0.05) is 145 Å². The normalized spacial score (nSPS) is 12.0. The molecule has 13 rings (SSSR count). The molecule has 3 heterocycles. The number of nitriles is 2. The lowest BCUT2D eigenvalue weighted by Gasteiger charge is -2.14. The van der Waals surface area contributed by atoms with E-state index in [1.807, 2.05) is 54.6 Å². The van der Waals surface area contributed by atoms with Gasteiger partial charge in [-0.05, 0) is 109 Å². The van der Waals surface area contributed by atoms with Crippen LogP contribution < -0.4 is 0 Å². The summed E-state index contributed by atoms with van der Waals surface area (Å²) >= 11 is 1.52. The van der Waals surface area contributed by atoms with Crippen LogP contribution in [0.4, 0.5) is 0 Å². The van der Waals surface area contributed by atoms with Crippen LogP contribution in [0.2, 0.25) is 0 Å². The lowest BCUT2D eigenvalue weighted by atomic mass is 10.0. The van der Waals surface area contributed by atoms with E-state index in [0.29, 0.717) is 29.3 Å². The summed E-state index contributed by atoms with van der Waals surface area (Å²) in [4.78, 5) is 16.4. The number of para-hydroxylation sites is 4. The summed E-state index contributed by atoms with van der Waals surface area (Å²) in [6.07, 6.45) is 0. The standard InChI is InChI=1S/C66H42N8S/c1-69-65(71-66(45-19-7-3-8-20-45)70-42-43-17-5-2-6-18-43)46-30-32-49(33-31-46)73-56-27-15-12-24-53(56)61-63(73)59-52-23-11-14-26-55(52)72(48-21-9-4-10-22-48)62(59)60-54-25-13-16-28-57(54)74(64(60)61)50-34-36-51(37-35-50)75-58-38-29-44(40-67)39-47(58)41-68/h2-39H,1,42H2. The number of aromatic nitrogens is 3. The van der Waals surface area contributed by atoms with Crippen molar-refractivity contribution in [1.29, 1.82) is 10.5 Å². The Labute approximate surface area is 436 Å². The molecule has 0 saturated carbocycles. The number of nitrogens with zero attached hydrogens (tertiary/aromatic N) is 8.